The van der Waals surface area contributed by atoms with E-state index in [9.17, 15) is 4.79 Å². The Labute approximate surface area is 119 Å². The molecule has 0 saturated carbocycles. The van der Waals surface area contributed by atoms with Gasteiger partial charge in [-0.05, 0) is 33.7 Å². The fraction of sp³-hybridized carbons (Fsp3) is 0.714. The summed E-state index contributed by atoms with van der Waals surface area (Å²) in [5, 5.41) is 6.90. The van der Waals surface area contributed by atoms with Crippen molar-refractivity contribution in [3.63, 3.8) is 0 Å². The van der Waals surface area contributed by atoms with E-state index in [0.29, 0.717) is 6.54 Å². The Hall–Kier alpha value is -1.40. The second-order valence-corrected chi connectivity index (χ2v) is 5.39. The Kier molecular flexibility index (Phi) is 4.77. The van der Waals surface area contributed by atoms with Crippen LogP contribution in [-0.2, 0) is 16.0 Å². The zero-order chi connectivity index (χ0) is 14.7. The van der Waals surface area contributed by atoms with Crippen LogP contribution in [0, 0.1) is 13.8 Å². The van der Waals surface area contributed by atoms with Crippen LogP contribution in [0.4, 0.5) is 0 Å². The van der Waals surface area contributed by atoms with Gasteiger partial charge in [0.2, 0.25) is 5.91 Å². The van der Waals surface area contributed by atoms with Gasteiger partial charge in [0, 0.05) is 25.8 Å². The standard InChI is InChI=1S/C14H23N3O3/c1-9-12(10(2)20-16-9)5-6-15-14(18)13-7-11(19-4)8-17(13)3/h11,13H,5-8H2,1-4H3,(H,15,18)/t11-,13-/m0/s1. The summed E-state index contributed by atoms with van der Waals surface area (Å²) in [4.78, 5) is 14.2. The van der Waals surface area contributed by atoms with E-state index in [4.69, 9.17) is 9.26 Å². The topological polar surface area (TPSA) is 67.6 Å². The number of likely N-dealkylation sites (tertiary alicyclic amines) is 1. The molecule has 112 valence electrons. The van der Waals surface area contributed by atoms with Gasteiger partial charge in [0.15, 0.2) is 0 Å². The number of aryl methyl sites for hydroxylation is 2. The van der Waals surface area contributed by atoms with Crippen molar-refractivity contribution in [2.45, 2.75) is 38.8 Å². The third-order valence-electron chi connectivity index (χ3n) is 4.00. The summed E-state index contributed by atoms with van der Waals surface area (Å²) >= 11 is 0. The maximum absolute atomic E-state index is 12.2. The van der Waals surface area contributed by atoms with E-state index < -0.39 is 0 Å². The van der Waals surface area contributed by atoms with Gasteiger partial charge < -0.3 is 14.6 Å². The van der Waals surface area contributed by atoms with E-state index in [1.54, 1.807) is 7.11 Å². The van der Waals surface area contributed by atoms with E-state index in [1.807, 2.05) is 25.8 Å². The number of methoxy groups -OCH3 is 1. The minimum Gasteiger partial charge on any atom is -0.380 e. The molecule has 1 N–H and O–H groups in total. The van der Waals surface area contributed by atoms with Gasteiger partial charge in [-0.1, -0.05) is 5.16 Å². The lowest BCUT2D eigenvalue weighted by atomic mass is 10.1. The van der Waals surface area contributed by atoms with Crippen LogP contribution >= 0.6 is 0 Å². The van der Waals surface area contributed by atoms with Crippen molar-refractivity contribution in [2.24, 2.45) is 0 Å². The molecule has 1 fully saturated rings. The van der Waals surface area contributed by atoms with Crippen LogP contribution in [0.5, 0.6) is 0 Å². The van der Waals surface area contributed by atoms with E-state index >= 15 is 0 Å². The smallest absolute Gasteiger partial charge is 0.237 e. The van der Waals surface area contributed by atoms with Gasteiger partial charge in [0.1, 0.15) is 5.76 Å². The van der Waals surface area contributed by atoms with Gasteiger partial charge in [-0.2, -0.15) is 0 Å². The number of aromatic nitrogens is 1. The molecule has 1 aliphatic heterocycles. The van der Waals surface area contributed by atoms with Crippen molar-refractivity contribution in [3.05, 3.63) is 17.0 Å². The lowest BCUT2D eigenvalue weighted by molar-refractivity contribution is -0.125. The molecule has 1 aromatic rings. The minimum atomic E-state index is -0.0929. The van der Waals surface area contributed by atoms with Crippen LogP contribution in [0.15, 0.2) is 4.52 Å². The number of nitrogens with zero attached hydrogens (tertiary/aromatic N) is 2. The molecule has 0 unspecified atom stereocenters. The van der Waals surface area contributed by atoms with Crippen molar-refractivity contribution in [1.82, 2.24) is 15.4 Å². The molecule has 1 aromatic heterocycles. The number of carbonyl (C=O) groups is 1. The summed E-state index contributed by atoms with van der Waals surface area (Å²) in [6.07, 6.45) is 1.65. The largest absolute Gasteiger partial charge is 0.380 e. The third-order valence-corrected chi connectivity index (χ3v) is 4.00. The maximum Gasteiger partial charge on any atom is 0.237 e. The first-order chi connectivity index (χ1) is 9.52. The number of ether oxygens (including phenoxy) is 1. The Balaban J connectivity index is 1.81. The molecule has 2 rings (SSSR count). The molecule has 6 nitrogen and oxygen atoms in total. The summed E-state index contributed by atoms with van der Waals surface area (Å²) in [6, 6.07) is -0.0929. The monoisotopic (exact) mass is 281 g/mol. The Morgan fingerprint density at radius 1 is 1.55 bits per heavy atom. The minimum absolute atomic E-state index is 0.0683. The Morgan fingerprint density at radius 3 is 2.85 bits per heavy atom. The molecule has 1 saturated heterocycles. The summed E-state index contributed by atoms with van der Waals surface area (Å²) < 4.78 is 10.4. The molecule has 0 radical (unpaired) electrons. The molecule has 6 heteroatoms. The van der Waals surface area contributed by atoms with Gasteiger partial charge in [-0.15, -0.1) is 0 Å². The summed E-state index contributed by atoms with van der Waals surface area (Å²) in [7, 11) is 3.65. The molecule has 2 atom stereocenters. The summed E-state index contributed by atoms with van der Waals surface area (Å²) in [5.74, 6) is 0.896. The average molecular weight is 281 g/mol. The van der Waals surface area contributed by atoms with Crippen molar-refractivity contribution in [1.29, 1.82) is 0 Å². The maximum atomic E-state index is 12.2. The van der Waals surface area contributed by atoms with Crippen molar-refractivity contribution >= 4 is 5.91 Å². The molecule has 1 amide bonds. The fourth-order valence-electron chi connectivity index (χ4n) is 2.72. The highest BCUT2D eigenvalue weighted by Crippen LogP contribution is 2.18. The quantitative estimate of drug-likeness (QED) is 0.859. The van der Waals surface area contributed by atoms with E-state index in [-0.39, 0.29) is 18.1 Å². The summed E-state index contributed by atoms with van der Waals surface area (Å²) in [5.41, 5.74) is 1.98. The number of nitrogens with one attached hydrogen (secondary N) is 1. The van der Waals surface area contributed by atoms with Crippen LogP contribution < -0.4 is 5.32 Å². The van der Waals surface area contributed by atoms with Crippen LogP contribution in [-0.4, -0.2) is 55.4 Å². The van der Waals surface area contributed by atoms with Crippen molar-refractivity contribution in [3.8, 4) is 0 Å². The van der Waals surface area contributed by atoms with Gasteiger partial charge in [0.05, 0.1) is 17.8 Å². The molecular formula is C14H23N3O3. The van der Waals surface area contributed by atoms with Crippen LogP contribution in [0.1, 0.15) is 23.4 Å². The molecule has 1 aliphatic rings. The number of hydrogen-bond donors (Lipinski definition) is 1. The molecule has 0 bridgehead atoms. The molecule has 0 spiro atoms. The number of amides is 1. The molecule has 20 heavy (non-hydrogen) atoms. The SMILES string of the molecule is CO[C@H]1C[C@@H](C(=O)NCCc2c(C)noc2C)N(C)C1. The molecule has 0 aliphatic carbocycles. The van der Waals surface area contributed by atoms with Crippen molar-refractivity contribution in [2.75, 3.05) is 27.2 Å². The predicted octanol–water partition coefficient (Wildman–Crippen LogP) is 0.669. The average Bonchev–Trinajstić information content (AvgIpc) is 2.95. The second-order valence-electron chi connectivity index (χ2n) is 5.39. The van der Waals surface area contributed by atoms with Crippen molar-refractivity contribution < 1.29 is 14.1 Å². The van der Waals surface area contributed by atoms with Gasteiger partial charge >= 0.3 is 0 Å². The molecular weight excluding hydrogens is 258 g/mol. The van der Waals surface area contributed by atoms with E-state index in [2.05, 4.69) is 10.5 Å². The lowest BCUT2D eigenvalue weighted by Crippen LogP contribution is -2.42. The van der Waals surface area contributed by atoms with E-state index in [0.717, 1.165) is 36.4 Å². The lowest BCUT2D eigenvalue weighted by Gasteiger charge is -2.18. The van der Waals surface area contributed by atoms with Gasteiger partial charge in [-0.25, -0.2) is 0 Å². The second kappa shape index (κ2) is 6.37. The first-order valence-electron chi connectivity index (χ1n) is 6.95. The number of rotatable bonds is 5. The van der Waals surface area contributed by atoms with Crippen LogP contribution in [0.25, 0.3) is 0 Å². The van der Waals surface area contributed by atoms with Crippen LogP contribution in [0.2, 0.25) is 0 Å². The molecule has 0 aromatic carbocycles. The van der Waals surface area contributed by atoms with E-state index in [1.165, 1.54) is 0 Å². The first kappa shape index (κ1) is 15.0. The number of likely N-dealkylation sites (N-methyl/N-ethyl adjacent to an activating group) is 1. The van der Waals surface area contributed by atoms with Gasteiger partial charge in [0.25, 0.3) is 0 Å². The first-order valence-corrected chi connectivity index (χ1v) is 6.95. The molecule has 2 heterocycles. The van der Waals surface area contributed by atoms with Crippen LogP contribution in [0.3, 0.4) is 0 Å². The highest BCUT2D eigenvalue weighted by Gasteiger charge is 2.34. The number of carbonyl (C=O) groups excluding carboxylic acids is 1. The third kappa shape index (κ3) is 3.19. The fourth-order valence-corrected chi connectivity index (χ4v) is 2.72. The Morgan fingerprint density at radius 2 is 2.30 bits per heavy atom. The van der Waals surface area contributed by atoms with Gasteiger partial charge in [-0.3, -0.25) is 9.69 Å². The zero-order valence-corrected chi connectivity index (χ0v) is 12.6. The normalized spacial score (nSPS) is 23.2. The zero-order valence-electron chi connectivity index (χ0n) is 12.6. The summed E-state index contributed by atoms with van der Waals surface area (Å²) in [6.45, 7) is 5.22. The predicted molar refractivity (Wildman–Crippen MR) is 74.5 cm³/mol. The number of hydrogen-bond acceptors (Lipinski definition) is 5. The highest BCUT2D eigenvalue weighted by atomic mass is 16.5. The Bertz CT molecular complexity index is 453. The highest BCUT2D eigenvalue weighted by molar-refractivity contribution is 5.82.